The molecule has 0 heterocycles. The Hall–Kier alpha value is -1.84. The number of carboxylic acids is 1. The lowest BCUT2D eigenvalue weighted by atomic mass is 10.00. The molecule has 0 bridgehead atoms. The molecule has 0 aliphatic heterocycles. The van der Waals surface area contributed by atoms with E-state index in [2.05, 4.69) is 43.4 Å². The van der Waals surface area contributed by atoms with Crippen molar-refractivity contribution in [3.8, 4) is 0 Å². The summed E-state index contributed by atoms with van der Waals surface area (Å²) in [5, 5.41) is 11.2. The number of carbonyl (C=O) groups excluding carboxylic acids is 1. The number of carbonyl (C=O) groups is 2. The molecule has 0 aromatic heterocycles. The van der Waals surface area contributed by atoms with E-state index in [9.17, 15) is 9.59 Å². The minimum atomic E-state index is -0.887. The predicted molar refractivity (Wildman–Crippen MR) is 76.6 cm³/mol. The lowest BCUT2D eigenvalue weighted by Gasteiger charge is -2.07. The zero-order valence-electron chi connectivity index (χ0n) is 11.9. The van der Waals surface area contributed by atoms with E-state index in [1.807, 2.05) is 0 Å². The highest BCUT2D eigenvalue weighted by Gasteiger charge is 2.43. The summed E-state index contributed by atoms with van der Waals surface area (Å²) >= 11 is 0. The van der Waals surface area contributed by atoms with Crippen molar-refractivity contribution >= 4 is 11.9 Å². The van der Waals surface area contributed by atoms with Crippen molar-refractivity contribution in [1.29, 1.82) is 0 Å². The van der Waals surface area contributed by atoms with Gasteiger partial charge in [0.05, 0.1) is 6.42 Å². The summed E-state index contributed by atoms with van der Waals surface area (Å²) in [5.74, 6) is -0.0980. The van der Waals surface area contributed by atoms with Gasteiger partial charge in [-0.15, -0.1) is 0 Å². The van der Waals surface area contributed by atoms with Crippen molar-refractivity contribution < 1.29 is 14.7 Å². The number of hydrogen-bond acceptors (Lipinski definition) is 2. The summed E-state index contributed by atoms with van der Waals surface area (Å²) < 4.78 is 0. The lowest BCUT2D eigenvalue weighted by molar-refractivity contribution is -0.136. The summed E-state index contributed by atoms with van der Waals surface area (Å²) in [6, 6.07) is 8.45. The second-order valence-electron chi connectivity index (χ2n) is 5.70. The largest absolute Gasteiger partial charge is 0.481 e. The maximum absolute atomic E-state index is 11.8. The van der Waals surface area contributed by atoms with Crippen LogP contribution in [-0.4, -0.2) is 23.5 Å². The summed E-state index contributed by atoms with van der Waals surface area (Å²) in [7, 11) is 0. The average Bonchev–Trinajstić information content (AvgIpc) is 3.18. The topological polar surface area (TPSA) is 66.4 Å². The SMILES string of the molecule is CC(C)c1ccc(C2CC2C(=O)NCCC(=O)O)cc1. The van der Waals surface area contributed by atoms with E-state index >= 15 is 0 Å². The van der Waals surface area contributed by atoms with Gasteiger partial charge in [0.25, 0.3) is 0 Å². The van der Waals surface area contributed by atoms with Gasteiger partial charge in [0.15, 0.2) is 0 Å². The third-order valence-corrected chi connectivity index (χ3v) is 3.80. The maximum Gasteiger partial charge on any atom is 0.305 e. The van der Waals surface area contributed by atoms with E-state index < -0.39 is 5.97 Å². The van der Waals surface area contributed by atoms with Gasteiger partial charge in [0, 0.05) is 12.5 Å². The fraction of sp³-hybridized carbons (Fsp3) is 0.500. The lowest BCUT2D eigenvalue weighted by Crippen LogP contribution is -2.27. The van der Waals surface area contributed by atoms with Crippen molar-refractivity contribution in [3.63, 3.8) is 0 Å². The van der Waals surface area contributed by atoms with Crippen LogP contribution in [0.5, 0.6) is 0 Å². The number of amides is 1. The summed E-state index contributed by atoms with van der Waals surface area (Å²) in [6.45, 7) is 4.53. The highest BCUT2D eigenvalue weighted by Crippen LogP contribution is 2.47. The number of hydrogen-bond donors (Lipinski definition) is 2. The summed E-state index contributed by atoms with van der Waals surface area (Å²) in [6.07, 6.45) is 0.839. The van der Waals surface area contributed by atoms with E-state index in [-0.39, 0.29) is 24.8 Å². The van der Waals surface area contributed by atoms with Crippen molar-refractivity contribution in [2.75, 3.05) is 6.54 Å². The molecule has 1 aromatic carbocycles. The molecular weight excluding hydrogens is 254 g/mol. The molecule has 1 aliphatic rings. The van der Waals surface area contributed by atoms with Crippen LogP contribution in [0.15, 0.2) is 24.3 Å². The van der Waals surface area contributed by atoms with Crippen LogP contribution in [0.4, 0.5) is 0 Å². The molecule has 0 spiro atoms. The molecule has 20 heavy (non-hydrogen) atoms. The van der Waals surface area contributed by atoms with Crippen LogP contribution in [0.1, 0.15) is 49.7 Å². The Morgan fingerprint density at radius 2 is 1.95 bits per heavy atom. The fourth-order valence-electron chi connectivity index (χ4n) is 2.40. The van der Waals surface area contributed by atoms with Gasteiger partial charge in [0.2, 0.25) is 5.91 Å². The molecule has 108 valence electrons. The number of rotatable bonds is 6. The molecule has 1 amide bonds. The molecule has 1 saturated carbocycles. The Labute approximate surface area is 119 Å². The maximum atomic E-state index is 11.8. The van der Waals surface area contributed by atoms with Crippen LogP contribution < -0.4 is 5.32 Å². The van der Waals surface area contributed by atoms with Crippen molar-refractivity contribution in [2.24, 2.45) is 5.92 Å². The normalized spacial score (nSPS) is 20.8. The molecule has 2 unspecified atom stereocenters. The van der Waals surface area contributed by atoms with Crippen molar-refractivity contribution in [2.45, 2.75) is 38.5 Å². The van der Waals surface area contributed by atoms with Gasteiger partial charge in [-0.1, -0.05) is 38.1 Å². The molecule has 1 fully saturated rings. The minimum absolute atomic E-state index is 0.00805. The Kier molecular flexibility index (Phi) is 4.42. The van der Waals surface area contributed by atoms with E-state index in [0.717, 1.165) is 6.42 Å². The molecule has 2 atom stereocenters. The third-order valence-electron chi connectivity index (χ3n) is 3.80. The number of nitrogens with one attached hydrogen (secondary N) is 1. The second kappa shape index (κ2) is 6.07. The molecule has 2 rings (SSSR count). The number of carboxylic acid groups (broad SMARTS) is 1. The van der Waals surface area contributed by atoms with Gasteiger partial charge < -0.3 is 10.4 Å². The Morgan fingerprint density at radius 1 is 1.30 bits per heavy atom. The van der Waals surface area contributed by atoms with Gasteiger partial charge in [-0.3, -0.25) is 9.59 Å². The van der Waals surface area contributed by atoms with Gasteiger partial charge >= 0.3 is 5.97 Å². The zero-order valence-corrected chi connectivity index (χ0v) is 11.9. The first-order valence-electron chi connectivity index (χ1n) is 7.08. The van der Waals surface area contributed by atoms with Crippen LogP contribution in [0.2, 0.25) is 0 Å². The highest BCUT2D eigenvalue weighted by atomic mass is 16.4. The molecule has 4 nitrogen and oxygen atoms in total. The zero-order chi connectivity index (χ0) is 14.7. The third kappa shape index (κ3) is 3.59. The van der Waals surface area contributed by atoms with Gasteiger partial charge in [-0.05, 0) is 29.4 Å². The number of aliphatic carboxylic acids is 1. The Morgan fingerprint density at radius 3 is 2.50 bits per heavy atom. The first-order chi connectivity index (χ1) is 9.49. The molecular formula is C16H21NO3. The Bertz CT molecular complexity index is 493. The molecule has 1 aromatic rings. The Balaban J connectivity index is 1.84. The average molecular weight is 275 g/mol. The smallest absolute Gasteiger partial charge is 0.305 e. The van der Waals surface area contributed by atoms with Crippen molar-refractivity contribution in [3.05, 3.63) is 35.4 Å². The second-order valence-corrected chi connectivity index (χ2v) is 5.70. The quantitative estimate of drug-likeness (QED) is 0.838. The van der Waals surface area contributed by atoms with Crippen LogP contribution in [-0.2, 0) is 9.59 Å². The molecule has 0 radical (unpaired) electrons. The summed E-state index contributed by atoms with van der Waals surface area (Å²) in [4.78, 5) is 22.2. The van der Waals surface area contributed by atoms with Crippen LogP contribution in [0.3, 0.4) is 0 Å². The van der Waals surface area contributed by atoms with Crippen LogP contribution in [0.25, 0.3) is 0 Å². The van der Waals surface area contributed by atoms with Gasteiger partial charge in [-0.25, -0.2) is 0 Å². The van der Waals surface area contributed by atoms with Gasteiger partial charge in [-0.2, -0.15) is 0 Å². The first-order valence-corrected chi connectivity index (χ1v) is 7.08. The monoisotopic (exact) mass is 275 g/mol. The predicted octanol–water partition coefficient (Wildman–Crippen LogP) is 2.50. The molecule has 0 saturated heterocycles. The van der Waals surface area contributed by atoms with Gasteiger partial charge in [0.1, 0.15) is 0 Å². The van der Waals surface area contributed by atoms with Crippen molar-refractivity contribution in [1.82, 2.24) is 5.32 Å². The minimum Gasteiger partial charge on any atom is -0.481 e. The van der Waals surface area contributed by atoms with Crippen LogP contribution in [0, 0.1) is 5.92 Å². The standard InChI is InChI=1S/C16H21NO3/c1-10(2)11-3-5-12(6-4-11)13-9-14(13)16(20)17-8-7-15(18)19/h3-6,10,13-14H,7-9H2,1-2H3,(H,17,20)(H,18,19). The summed E-state index contributed by atoms with van der Waals surface area (Å²) in [5.41, 5.74) is 2.50. The molecule has 1 aliphatic carbocycles. The van der Waals surface area contributed by atoms with E-state index in [4.69, 9.17) is 5.11 Å². The highest BCUT2D eigenvalue weighted by molar-refractivity contribution is 5.83. The number of benzene rings is 1. The molecule has 4 heteroatoms. The van der Waals surface area contributed by atoms with Crippen LogP contribution >= 0.6 is 0 Å². The first kappa shape index (κ1) is 14.6. The van der Waals surface area contributed by atoms with E-state index in [1.54, 1.807) is 0 Å². The fourth-order valence-corrected chi connectivity index (χ4v) is 2.40. The van der Waals surface area contributed by atoms with E-state index in [1.165, 1.54) is 11.1 Å². The van der Waals surface area contributed by atoms with E-state index in [0.29, 0.717) is 11.8 Å². The molecule has 2 N–H and O–H groups in total.